The van der Waals surface area contributed by atoms with Crippen molar-refractivity contribution in [1.82, 2.24) is 4.90 Å². The van der Waals surface area contributed by atoms with E-state index in [0.717, 1.165) is 29.9 Å². The molecule has 0 amide bonds. The van der Waals surface area contributed by atoms with E-state index in [1.54, 1.807) is 0 Å². The standard InChI is InChI=1S/C16H21NO3/c1-17-12-3-2-4-13(17)9-16(18,8-12)11-5-6-14-15(7-11)20-10-19-14/h5-7,12-13,18H,2-4,8-10H2,1H3. The smallest absolute Gasteiger partial charge is 0.231 e. The normalized spacial score (nSPS) is 36.1. The molecule has 3 aliphatic heterocycles. The van der Waals surface area contributed by atoms with Crippen LogP contribution in [0.4, 0.5) is 0 Å². The lowest BCUT2D eigenvalue weighted by molar-refractivity contribution is -0.0875. The molecule has 3 aliphatic rings. The maximum Gasteiger partial charge on any atom is 0.231 e. The summed E-state index contributed by atoms with van der Waals surface area (Å²) in [5, 5.41) is 11.2. The molecule has 2 unspecified atom stereocenters. The van der Waals surface area contributed by atoms with Crippen molar-refractivity contribution < 1.29 is 14.6 Å². The number of piperidine rings is 2. The van der Waals surface area contributed by atoms with Gasteiger partial charge in [-0.1, -0.05) is 12.5 Å². The highest BCUT2D eigenvalue weighted by atomic mass is 16.7. The Morgan fingerprint density at radius 2 is 1.85 bits per heavy atom. The molecule has 0 aliphatic carbocycles. The van der Waals surface area contributed by atoms with E-state index in [1.165, 1.54) is 19.3 Å². The predicted molar refractivity (Wildman–Crippen MR) is 74.9 cm³/mol. The van der Waals surface area contributed by atoms with Crippen molar-refractivity contribution in [1.29, 1.82) is 0 Å². The number of nitrogens with zero attached hydrogens (tertiary/aromatic N) is 1. The summed E-state index contributed by atoms with van der Waals surface area (Å²) >= 11 is 0. The molecule has 4 rings (SSSR count). The first-order valence-electron chi connectivity index (χ1n) is 7.50. The average molecular weight is 275 g/mol. The highest BCUT2D eigenvalue weighted by molar-refractivity contribution is 5.46. The van der Waals surface area contributed by atoms with Gasteiger partial charge in [-0.3, -0.25) is 0 Å². The molecule has 1 aromatic rings. The van der Waals surface area contributed by atoms with E-state index >= 15 is 0 Å². The number of benzene rings is 1. The number of ether oxygens (including phenoxy) is 2. The van der Waals surface area contributed by atoms with Crippen LogP contribution in [0, 0.1) is 0 Å². The lowest BCUT2D eigenvalue weighted by Gasteiger charge is -2.50. The zero-order valence-corrected chi connectivity index (χ0v) is 11.8. The summed E-state index contributed by atoms with van der Waals surface area (Å²) in [6.45, 7) is 0.283. The average Bonchev–Trinajstić information content (AvgIpc) is 2.88. The third-order valence-electron chi connectivity index (χ3n) is 5.28. The Bertz CT molecular complexity index is 516. The quantitative estimate of drug-likeness (QED) is 0.853. The first-order chi connectivity index (χ1) is 9.66. The Balaban J connectivity index is 1.67. The van der Waals surface area contributed by atoms with Gasteiger partial charge >= 0.3 is 0 Å². The van der Waals surface area contributed by atoms with Gasteiger partial charge in [0.25, 0.3) is 0 Å². The van der Waals surface area contributed by atoms with Crippen molar-refractivity contribution in [2.45, 2.75) is 49.8 Å². The minimum absolute atomic E-state index is 0.283. The number of hydrogen-bond donors (Lipinski definition) is 1. The molecule has 0 spiro atoms. The first-order valence-corrected chi connectivity index (χ1v) is 7.50. The van der Waals surface area contributed by atoms with Crippen LogP contribution in [0.1, 0.15) is 37.7 Å². The van der Waals surface area contributed by atoms with Gasteiger partial charge in [0.05, 0.1) is 5.60 Å². The summed E-state index contributed by atoms with van der Waals surface area (Å²) in [4.78, 5) is 2.46. The second kappa shape index (κ2) is 4.37. The second-order valence-corrected chi connectivity index (χ2v) is 6.41. The monoisotopic (exact) mass is 275 g/mol. The van der Waals surface area contributed by atoms with E-state index < -0.39 is 5.60 Å². The molecule has 20 heavy (non-hydrogen) atoms. The van der Waals surface area contributed by atoms with Crippen LogP contribution in [0.3, 0.4) is 0 Å². The molecule has 4 nitrogen and oxygen atoms in total. The highest BCUT2D eigenvalue weighted by Gasteiger charge is 2.45. The fourth-order valence-electron chi connectivity index (χ4n) is 4.07. The molecule has 0 aromatic heterocycles. The van der Waals surface area contributed by atoms with E-state index in [4.69, 9.17) is 9.47 Å². The zero-order chi connectivity index (χ0) is 13.7. The van der Waals surface area contributed by atoms with E-state index in [9.17, 15) is 5.11 Å². The van der Waals surface area contributed by atoms with Gasteiger partial charge in [0.15, 0.2) is 11.5 Å². The summed E-state index contributed by atoms with van der Waals surface area (Å²) in [5.74, 6) is 1.55. The van der Waals surface area contributed by atoms with Crippen molar-refractivity contribution in [2.24, 2.45) is 0 Å². The van der Waals surface area contributed by atoms with Gasteiger partial charge < -0.3 is 19.5 Å². The predicted octanol–water partition coefficient (Wildman–Crippen LogP) is 2.25. The van der Waals surface area contributed by atoms with Gasteiger partial charge in [-0.05, 0) is 50.4 Å². The molecule has 0 saturated carbocycles. The Morgan fingerprint density at radius 1 is 1.15 bits per heavy atom. The highest BCUT2D eigenvalue weighted by Crippen LogP contribution is 2.45. The van der Waals surface area contributed by atoms with Crippen LogP contribution in [0.2, 0.25) is 0 Å². The van der Waals surface area contributed by atoms with Crippen LogP contribution in [0.5, 0.6) is 11.5 Å². The summed E-state index contributed by atoms with van der Waals surface area (Å²) in [7, 11) is 2.20. The second-order valence-electron chi connectivity index (χ2n) is 6.41. The lowest BCUT2D eigenvalue weighted by atomic mass is 9.73. The molecule has 2 atom stereocenters. The maximum absolute atomic E-state index is 11.2. The van der Waals surface area contributed by atoms with Crippen molar-refractivity contribution in [3.8, 4) is 11.5 Å². The molecule has 1 aromatic carbocycles. The first kappa shape index (κ1) is 12.5. The summed E-state index contributed by atoms with van der Waals surface area (Å²) in [6, 6.07) is 6.87. The lowest BCUT2D eigenvalue weighted by Crippen LogP contribution is -2.55. The van der Waals surface area contributed by atoms with Crippen LogP contribution < -0.4 is 9.47 Å². The minimum atomic E-state index is -0.719. The topological polar surface area (TPSA) is 41.9 Å². The minimum Gasteiger partial charge on any atom is -0.454 e. The molecule has 2 fully saturated rings. The largest absolute Gasteiger partial charge is 0.454 e. The molecule has 2 saturated heterocycles. The van der Waals surface area contributed by atoms with Crippen LogP contribution in [-0.4, -0.2) is 35.9 Å². The van der Waals surface area contributed by atoms with E-state index in [-0.39, 0.29) is 6.79 Å². The molecule has 4 heteroatoms. The van der Waals surface area contributed by atoms with Crippen molar-refractivity contribution in [3.63, 3.8) is 0 Å². The Labute approximate surface area is 119 Å². The summed E-state index contributed by atoms with van der Waals surface area (Å²) in [5.41, 5.74) is 0.259. The van der Waals surface area contributed by atoms with Crippen molar-refractivity contribution in [3.05, 3.63) is 23.8 Å². The molecular weight excluding hydrogens is 254 g/mol. The third-order valence-corrected chi connectivity index (χ3v) is 5.28. The molecule has 1 N–H and O–H groups in total. The van der Waals surface area contributed by atoms with E-state index in [1.807, 2.05) is 18.2 Å². The third kappa shape index (κ3) is 1.82. The van der Waals surface area contributed by atoms with Gasteiger partial charge in [0, 0.05) is 12.1 Å². The maximum atomic E-state index is 11.2. The fourth-order valence-corrected chi connectivity index (χ4v) is 4.07. The Kier molecular flexibility index (Phi) is 2.72. The Hall–Kier alpha value is -1.26. The molecule has 3 heterocycles. The van der Waals surface area contributed by atoms with Crippen LogP contribution >= 0.6 is 0 Å². The number of aliphatic hydroxyl groups is 1. The number of hydrogen-bond acceptors (Lipinski definition) is 4. The van der Waals surface area contributed by atoms with E-state index in [0.29, 0.717) is 12.1 Å². The zero-order valence-electron chi connectivity index (χ0n) is 11.8. The van der Waals surface area contributed by atoms with Gasteiger partial charge in [-0.25, -0.2) is 0 Å². The van der Waals surface area contributed by atoms with Gasteiger partial charge in [-0.15, -0.1) is 0 Å². The van der Waals surface area contributed by atoms with Gasteiger partial charge in [-0.2, -0.15) is 0 Å². The summed E-state index contributed by atoms with van der Waals surface area (Å²) < 4.78 is 10.8. The molecular formula is C16H21NO3. The van der Waals surface area contributed by atoms with Crippen LogP contribution in [0.15, 0.2) is 18.2 Å². The SMILES string of the molecule is CN1C2CCCC1CC(O)(c1ccc3c(c1)OCO3)C2. The van der Waals surface area contributed by atoms with Crippen molar-refractivity contribution >= 4 is 0 Å². The van der Waals surface area contributed by atoms with Gasteiger partial charge in [0.1, 0.15) is 0 Å². The van der Waals surface area contributed by atoms with E-state index in [2.05, 4.69) is 11.9 Å². The Morgan fingerprint density at radius 3 is 2.60 bits per heavy atom. The number of fused-ring (bicyclic) bond motifs is 3. The van der Waals surface area contributed by atoms with Crippen LogP contribution in [0.25, 0.3) is 0 Å². The van der Waals surface area contributed by atoms with Crippen molar-refractivity contribution in [2.75, 3.05) is 13.8 Å². The number of rotatable bonds is 1. The fraction of sp³-hybridized carbons (Fsp3) is 0.625. The molecule has 2 bridgehead atoms. The molecule has 108 valence electrons. The van der Waals surface area contributed by atoms with Gasteiger partial charge in [0.2, 0.25) is 6.79 Å². The van der Waals surface area contributed by atoms with Crippen LogP contribution in [-0.2, 0) is 5.60 Å². The summed E-state index contributed by atoms with van der Waals surface area (Å²) in [6.07, 6.45) is 5.32. The molecule has 0 radical (unpaired) electrons.